The van der Waals surface area contributed by atoms with Gasteiger partial charge in [0.15, 0.2) is 0 Å². The van der Waals surface area contributed by atoms with Crippen LogP contribution in [-0.4, -0.2) is 7.11 Å². The van der Waals surface area contributed by atoms with Crippen molar-refractivity contribution in [2.45, 2.75) is 51.5 Å². The molecule has 0 bridgehead atoms. The molecule has 2 atom stereocenters. The molecule has 2 N–H and O–H groups in total. The Balaban J connectivity index is 2.27. The molecule has 0 spiro atoms. The Hall–Kier alpha value is -1.09. The molecule has 1 aromatic rings. The van der Waals surface area contributed by atoms with Crippen LogP contribution in [0.15, 0.2) is 18.2 Å². The zero-order valence-corrected chi connectivity index (χ0v) is 12.8. The Labute approximate surface area is 121 Å². The highest BCUT2D eigenvalue weighted by molar-refractivity contribution is 5.39. The molecule has 0 amide bonds. The number of hydrogen-bond donors (Lipinski definition) is 1. The topological polar surface area (TPSA) is 35.2 Å². The maximum Gasteiger partial charge on any atom is 0.124 e. The minimum atomic E-state index is -0.453. The van der Waals surface area contributed by atoms with Crippen LogP contribution < -0.4 is 10.5 Å². The first-order valence-electron chi connectivity index (χ1n) is 7.57. The van der Waals surface area contributed by atoms with Crippen molar-refractivity contribution in [3.8, 4) is 5.75 Å². The SMILES string of the molecule is COc1ccc(F)cc1C1(N)CCCC(CC(C)C)C1. The molecule has 1 aromatic carbocycles. The second-order valence-corrected chi connectivity index (χ2v) is 6.59. The van der Waals surface area contributed by atoms with E-state index in [0.717, 1.165) is 24.8 Å². The van der Waals surface area contributed by atoms with E-state index < -0.39 is 5.54 Å². The minimum Gasteiger partial charge on any atom is -0.496 e. The summed E-state index contributed by atoms with van der Waals surface area (Å²) in [5.41, 5.74) is 7.02. The second kappa shape index (κ2) is 6.13. The number of methoxy groups -OCH3 is 1. The summed E-state index contributed by atoms with van der Waals surface area (Å²) in [7, 11) is 1.62. The largest absolute Gasteiger partial charge is 0.496 e. The van der Waals surface area contributed by atoms with Crippen molar-refractivity contribution >= 4 is 0 Å². The fourth-order valence-corrected chi connectivity index (χ4v) is 3.61. The predicted octanol–water partition coefficient (Wildman–Crippen LogP) is 4.22. The predicted molar refractivity (Wildman–Crippen MR) is 80.2 cm³/mol. The van der Waals surface area contributed by atoms with E-state index in [1.165, 1.54) is 18.9 Å². The van der Waals surface area contributed by atoms with Crippen molar-refractivity contribution in [3.05, 3.63) is 29.6 Å². The molecular weight excluding hydrogens is 253 g/mol. The van der Waals surface area contributed by atoms with E-state index in [0.29, 0.717) is 17.6 Å². The van der Waals surface area contributed by atoms with Crippen LogP contribution in [0.4, 0.5) is 4.39 Å². The average molecular weight is 279 g/mol. The molecule has 0 radical (unpaired) electrons. The van der Waals surface area contributed by atoms with Crippen molar-refractivity contribution in [2.75, 3.05) is 7.11 Å². The van der Waals surface area contributed by atoms with Crippen LogP contribution in [-0.2, 0) is 5.54 Å². The van der Waals surface area contributed by atoms with Crippen LogP contribution in [0.25, 0.3) is 0 Å². The van der Waals surface area contributed by atoms with Crippen molar-refractivity contribution in [1.29, 1.82) is 0 Å². The first-order chi connectivity index (χ1) is 9.44. The molecule has 0 heterocycles. The quantitative estimate of drug-likeness (QED) is 0.895. The highest BCUT2D eigenvalue weighted by atomic mass is 19.1. The smallest absolute Gasteiger partial charge is 0.124 e. The first-order valence-corrected chi connectivity index (χ1v) is 7.57. The number of benzene rings is 1. The first kappa shape index (κ1) is 15.3. The number of nitrogens with two attached hydrogens (primary N) is 1. The van der Waals surface area contributed by atoms with Crippen molar-refractivity contribution in [3.63, 3.8) is 0 Å². The Morgan fingerprint density at radius 2 is 2.20 bits per heavy atom. The van der Waals surface area contributed by atoms with Crippen LogP contribution in [0.5, 0.6) is 5.75 Å². The molecule has 2 unspecified atom stereocenters. The molecule has 0 saturated heterocycles. The Kier molecular flexibility index (Phi) is 4.69. The lowest BCUT2D eigenvalue weighted by molar-refractivity contribution is 0.198. The Bertz CT molecular complexity index is 460. The van der Waals surface area contributed by atoms with Gasteiger partial charge < -0.3 is 10.5 Å². The maximum absolute atomic E-state index is 13.6. The number of hydrogen-bond acceptors (Lipinski definition) is 2. The molecule has 112 valence electrons. The summed E-state index contributed by atoms with van der Waals surface area (Å²) >= 11 is 0. The second-order valence-electron chi connectivity index (χ2n) is 6.59. The van der Waals surface area contributed by atoms with Gasteiger partial charge in [-0.3, -0.25) is 0 Å². The minimum absolute atomic E-state index is 0.239. The molecule has 0 aromatic heterocycles. The van der Waals surface area contributed by atoms with E-state index in [2.05, 4.69) is 13.8 Å². The van der Waals surface area contributed by atoms with Crippen molar-refractivity contribution in [1.82, 2.24) is 0 Å². The summed E-state index contributed by atoms with van der Waals surface area (Å²) < 4.78 is 19.0. The standard InChI is InChI=1S/C17H26FNO/c1-12(2)9-13-5-4-8-17(19,11-13)15-10-14(18)6-7-16(15)20-3/h6-7,10,12-13H,4-5,8-9,11,19H2,1-3H3. The molecular formula is C17H26FNO. The Morgan fingerprint density at radius 1 is 1.45 bits per heavy atom. The average Bonchev–Trinajstić information content (AvgIpc) is 2.38. The summed E-state index contributed by atoms with van der Waals surface area (Å²) in [5, 5.41) is 0. The Morgan fingerprint density at radius 3 is 2.85 bits per heavy atom. The summed E-state index contributed by atoms with van der Waals surface area (Å²) in [6.45, 7) is 4.49. The zero-order chi connectivity index (χ0) is 14.8. The summed E-state index contributed by atoms with van der Waals surface area (Å²) in [4.78, 5) is 0. The van der Waals surface area contributed by atoms with E-state index in [1.807, 2.05) is 0 Å². The fraction of sp³-hybridized carbons (Fsp3) is 0.647. The molecule has 0 aliphatic heterocycles. The van der Waals surface area contributed by atoms with Gasteiger partial charge in [0.05, 0.1) is 7.11 Å². The molecule has 2 rings (SSSR count). The van der Waals surface area contributed by atoms with Crippen LogP contribution >= 0.6 is 0 Å². The number of halogens is 1. The maximum atomic E-state index is 13.6. The lowest BCUT2D eigenvalue weighted by atomic mass is 9.70. The molecule has 20 heavy (non-hydrogen) atoms. The van der Waals surface area contributed by atoms with Gasteiger partial charge in [-0.15, -0.1) is 0 Å². The summed E-state index contributed by atoms with van der Waals surface area (Å²) in [6.07, 6.45) is 5.35. The third-order valence-electron chi connectivity index (χ3n) is 4.39. The lowest BCUT2D eigenvalue weighted by Gasteiger charge is -2.39. The van der Waals surface area contributed by atoms with Gasteiger partial charge >= 0.3 is 0 Å². The summed E-state index contributed by atoms with van der Waals surface area (Å²) in [6, 6.07) is 4.67. The van der Waals surface area contributed by atoms with Gasteiger partial charge in [-0.05, 0) is 49.3 Å². The van der Waals surface area contributed by atoms with Crippen molar-refractivity contribution < 1.29 is 9.13 Å². The monoisotopic (exact) mass is 279 g/mol. The lowest BCUT2D eigenvalue weighted by Crippen LogP contribution is -2.42. The molecule has 3 heteroatoms. The number of ether oxygens (including phenoxy) is 1. The van der Waals surface area contributed by atoms with E-state index in [4.69, 9.17) is 10.5 Å². The van der Waals surface area contributed by atoms with Crippen LogP contribution in [0.2, 0.25) is 0 Å². The zero-order valence-electron chi connectivity index (χ0n) is 12.8. The highest BCUT2D eigenvalue weighted by Crippen LogP contribution is 2.43. The van der Waals surface area contributed by atoms with E-state index in [9.17, 15) is 4.39 Å². The van der Waals surface area contributed by atoms with Gasteiger partial charge in [-0.1, -0.05) is 26.7 Å². The highest BCUT2D eigenvalue weighted by Gasteiger charge is 2.36. The van der Waals surface area contributed by atoms with Gasteiger partial charge in [0, 0.05) is 11.1 Å². The fourth-order valence-electron chi connectivity index (χ4n) is 3.61. The molecule has 1 aliphatic rings. The van der Waals surface area contributed by atoms with Crippen molar-refractivity contribution in [2.24, 2.45) is 17.6 Å². The number of rotatable bonds is 4. The molecule has 1 fully saturated rings. The molecule has 2 nitrogen and oxygen atoms in total. The third-order valence-corrected chi connectivity index (χ3v) is 4.39. The van der Waals surface area contributed by atoms with Crippen LogP contribution in [0.1, 0.15) is 51.5 Å². The van der Waals surface area contributed by atoms with E-state index in [-0.39, 0.29) is 5.82 Å². The van der Waals surface area contributed by atoms with Gasteiger partial charge in [0.1, 0.15) is 11.6 Å². The van der Waals surface area contributed by atoms with Gasteiger partial charge in [-0.2, -0.15) is 0 Å². The molecule has 1 saturated carbocycles. The third kappa shape index (κ3) is 3.32. The van der Waals surface area contributed by atoms with Crippen LogP contribution in [0, 0.1) is 17.7 Å². The summed E-state index contributed by atoms with van der Waals surface area (Å²) in [5.74, 6) is 1.77. The van der Waals surface area contributed by atoms with Gasteiger partial charge in [0.2, 0.25) is 0 Å². The van der Waals surface area contributed by atoms with E-state index in [1.54, 1.807) is 19.2 Å². The van der Waals surface area contributed by atoms with E-state index >= 15 is 0 Å². The normalized spacial score (nSPS) is 26.8. The van der Waals surface area contributed by atoms with Gasteiger partial charge in [-0.25, -0.2) is 4.39 Å². The molecule has 1 aliphatic carbocycles. The van der Waals surface area contributed by atoms with Gasteiger partial charge in [0.25, 0.3) is 0 Å². The van der Waals surface area contributed by atoms with Crippen LogP contribution in [0.3, 0.4) is 0 Å².